The summed E-state index contributed by atoms with van der Waals surface area (Å²) in [6.45, 7) is 1.86. The minimum atomic E-state index is -0.426. The molecule has 0 N–H and O–H groups in total. The molecule has 0 saturated heterocycles. The van der Waals surface area contributed by atoms with E-state index in [9.17, 15) is 4.79 Å². The molecule has 0 radical (unpaired) electrons. The Balaban J connectivity index is 2.27. The Bertz CT molecular complexity index is 605. The van der Waals surface area contributed by atoms with Crippen LogP contribution in [0.1, 0.15) is 23.2 Å². The molecule has 3 atom stereocenters. The van der Waals surface area contributed by atoms with Gasteiger partial charge in [-0.05, 0) is 17.7 Å². The highest BCUT2D eigenvalue weighted by Crippen LogP contribution is 2.42. The molecule has 2 aromatic rings. The molecule has 3 nitrogen and oxygen atoms in total. The smallest absolute Gasteiger partial charge is 0.193 e. The zero-order valence-electron chi connectivity index (χ0n) is 11.9. The minimum absolute atomic E-state index is 0.0701. The lowest BCUT2D eigenvalue weighted by atomic mass is 10.1. The molecule has 22 heavy (non-hydrogen) atoms. The Kier molecular flexibility index (Phi) is 6.68. The number of rotatable bonds is 6. The third-order valence-corrected chi connectivity index (χ3v) is 6.02. The molecule has 0 amide bonds. The summed E-state index contributed by atoms with van der Waals surface area (Å²) in [4.78, 5) is 16.3. The van der Waals surface area contributed by atoms with Gasteiger partial charge in [-0.15, -0.1) is 0 Å². The zero-order chi connectivity index (χ0) is 16.1. The molecule has 2 rings (SSSR count). The number of imidazole rings is 1. The number of benzene rings is 1. The Morgan fingerprint density at radius 2 is 2.09 bits per heavy atom. The van der Waals surface area contributed by atoms with Crippen molar-refractivity contribution in [2.45, 2.75) is 17.7 Å². The summed E-state index contributed by atoms with van der Waals surface area (Å²) in [5.41, 5.74) is 0.521. The van der Waals surface area contributed by atoms with E-state index in [1.54, 1.807) is 35.4 Å². The standard InChI is InChI=1S/C15H16Cl2N2OS2/c1-10(8-21)15(20)22-13(11-2-4-12(16)5-3-11)14(17)19-7-6-18-9-19/h2-7,9-10,13-14,21H,8H2,1H3. The van der Waals surface area contributed by atoms with E-state index in [-0.39, 0.29) is 16.3 Å². The topological polar surface area (TPSA) is 34.9 Å². The van der Waals surface area contributed by atoms with Crippen LogP contribution in [0.5, 0.6) is 0 Å². The predicted octanol–water partition coefficient (Wildman–Crippen LogP) is 4.84. The van der Waals surface area contributed by atoms with Crippen LogP contribution in [0.2, 0.25) is 5.02 Å². The fourth-order valence-corrected chi connectivity index (χ4v) is 3.77. The van der Waals surface area contributed by atoms with Crippen LogP contribution in [-0.4, -0.2) is 20.4 Å². The van der Waals surface area contributed by atoms with Gasteiger partial charge in [-0.2, -0.15) is 12.6 Å². The number of nitrogens with zero attached hydrogens (tertiary/aromatic N) is 2. The summed E-state index contributed by atoms with van der Waals surface area (Å²) in [7, 11) is 0. The van der Waals surface area contributed by atoms with Crippen LogP contribution in [0.4, 0.5) is 0 Å². The molecular formula is C15H16Cl2N2OS2. The van der Waals surface area contributed by atoms with E-state index < -0.39 is 5.50 Å². The number of thioether (sulfide) groups is 1. The Labute approximate surface area is 149 Å². The van der Waals surface area contributed by atoms with Crippen LogP contribution in [0.3, 0.4) is 0 Å². The lowest BCUT2D eigenvalue weighted by Crippen LogP contribution is -2.15. The van der Waals surface area contributed by atoms with Gasteiger partial charge >= 0.3 is 0 Å². The first-order chi connectivity index (χ1) is 10.5. The molecule has 0 bridgehead atoms. The molecule has 7 heteroatoms. The number of alkyl halides is 1. The van der Waals surface area contributed by atoms with Crippen LogP contribution in [0, 0.1) is 5.92 Å². The number of hydrogen-bond acceptors (Lipinski definition) is 4. The van der Waals surface area contributed by atoms with Crippen molar-refractivity contribution in [3.63, 3.8) is 0 Å². The number of hydrogen-bond donors (Lipinski definition) is 1. The quantitative estimate of drug-likeness (QED) is 0.580. The molecule has 0 aliphatic carbocycles. The van der Waals surface area contributed by atoms with Gasteiger partial charge in [0.25, 0.3) is 0 Å². The second-order valence-electron chi connectivity index (χ2n) is 4.88. The predicted molar refractivity (Wildman–Crippen MR) is 96.9 cm³/mol. The molecule has 0 aliphatic rings. The fourth-order valence-electron chi connectivity index (χ4n) is 1.82. The molecule has 0 fully saturated rings. The van der Waals surface area contributed by atoms with E-state index in [1.165, 1.54) is 11.8 Å². The lowest BCUT2D eigenvalue weighted by Gasteiger charge is -2.23. The van der Waals surface area contributed by atoms with Crippen molar-refractivity contribution in [2.24, 2.45) is 5.92 Å². The van der Waals surface area contributed by atoms with Gasteiger partial charge in [0, 0.05) is 29.1 Å². The average molecular weight is 375 g/mol. The zero-order valence-corrected chi connectivity index (χ0v) is 15.1. The van der Waals surface area contributed by atoms with E-state index in [0.717, 1.165) is 5.56 Å². The van der Waals surface area contributed by atoms with Gasteiger partial charge in [-0.1, -0.05) is 54.0 Å². The third kappa shape index (κ3) is 4.44. The van der Waals surface area contributed by atoms with E-state index in [1.807, 2.05) is 19.1 Å². The van der Waals surface area contributed by atoms with Crippen LogP contribution in [0.15, 0.2) is 43.0 Å². The number of carbonyl (C=O) groups is 1. The normalized spacial score (nSPS) is 15.3. The summed E-state index contributed by atoms with van der Waals surface area (Å²) in [5, 5.41) is 0.486. The summed E-state index contributed by atoms with van der Waals surface area (Å²) < 4.78 is 1.78. The van der Waals surface area contributed by atoms with Gasteiger partial charge < -0.3 is 4.57 Å². The maximum atomic E-state index is 12.3. The van der Waals surface area contributed by atoms with E-state index in [4.69, 9.17) is 23.2 Å². The first kappa shape index (κ1) is 17.7. The van der Waals surface area contributed by atoms with Gasteiger partial charge in [0.1, 0.15) is 5.50 Å². The molecule has 1 aromatic carbocycles. The second kappa shape index (κ2) is 8.29. The van der Waals surface area contributed by atoms with Crippen molar-refractivity contribution in [1.29, 1.82) is 0 Å². The van der Waals surface area contributed by atoms with Crippen LogP contribution in [-0.2, 0) is 4.79 Å². The molecule has 0 spiro atoms. The first-order valence-electron chi connectivity index (χ1n) is 6.71. The highest BCUT2D eigenvalue weighted by atomic mass is 35.5. The van der Waals surface area contributed by atoms with Crippen molar-refractivity contribution >= 4 is 52.7 Å². The summed E-state index contributed by atoms with van der Waals surface area (Å²) in [6, 6.07) is 7.39. The van der Waals surface area contributed by atoms with Crippen LogP contribution < -0.4 is 0 Å². The SMILES string of the molecule is CC(CS)C(=O)SC(c1ccc(Cl)cc1)C(Cl)n1ccnc1. The highest BCUT2D eigenvalue weighted by Gasteiger charge is 2.27. The maximum Gasteiger partial charge on any atom is 0.193 e. The van der Waals surface area contributed by atoms with Gasteiger partial charge in [0.2, 0.25) is 0 Å². The van der Waals surface area contributed by atoms with Crippen molar-refractivity contribution in [1.82, 2.24) is 9.55 Å². The molecule has 0 saturated carbocycles. The summed E-state index contributed by atoms with van der Waals surface area (Å²) in [6.07, 6.45) is 5.10. The van der Waals surface area contributed by atoms with Crippen molar-refractivity contribution in [2.75, 3.05) is 5.75 Å². The van der Waals surface area contributed by atoms with Gasteiger partial charge in [0.15, 0.2) is 5.12 Å². The monoisotopic (exact) mass is 374 g/mol. The number of thiol groups is 1. The molecule has 3 unspecified atom stereocenters. The fraction of sp³-hybridized carbons (Fsp3) is 0.333. The maximum absolute atomic E-state index is 12.3. The molecule has 1 heterocycles. The Morgan fingerprint density at radius 1 is 1.41 bits per heavy atom. The second-order valence-corrected chi connectivity index (χ2v) is 7.27. The van der Waals surface area contributed by atoms with E-state index in [2.05, 4.69) is 17.6 Å². The van der Waals surface area contributed by atoms with Crippen molar-refractivity contribution in [3.8, 4) is 0 Å². The number of halogens is 2. The van der Waals surface area contributed by atoms with Crippen molar-refractivity contribution in [3.05, 3.63) is 53.6 Å². The molecule has 0 aliphatic heterocycles. The van der Waals surface area contributed by atoms with Crippen LogP contribution in [0.25, 0.3) is 0 Å². The van der Waals surface area contributed by atoms with Gasteiger partial charge in [-0.25, -0.2) is 4.98 Å². The molecule has 118 valence electrons. The van der Waals surface area contributed by atoms with E-state index >= 15 is 0 Å². The third-order valence-electron chi connectivity index (χ3n) is 3.18. The Morgan fingerprint density at radius 3 is 2.64 bits per heavy atom. The highest BCUT2D eigenvalue weighted by molar-refractivity contribution is 8.14. The average Bonchev–Trinajstić information content (AvgIpc) is 3.06. The van der Waals surface area contributed by atoms with Gasteiger partial charge in [-0.3, -0.25) is 4.79 Å². The first-order valence-corrected chi connectivity index (χ1v) is 9.04. The number of aromatic nitrogens is 2. The largest absolute Gasteiger partial charge is 0.319 e. The van der Waals surface area contributed by atoms with Gasteiger partial charge in [0.05, 0.1) is 11.6 Å². The summed E-state index contributed by atoms with van der Waals surface area (Å²) in [5.74, 6) is 0.381. The van der Waals surface area contributed by atoms with Crippen molar-refractivity contribution < 1.29 is 4.79 Å². The number of carbonyl (C=O) groups excluding carboxylic acids is 1. The minimum Gasteiger partial charge on any atom is -0.319 e. The Hall–Kier alpha value is -0.620. The van der Waals surface area contributed by atoms with Crippen LogP contribution >= 0.6 is 47.6 Å². The lowest BCUT2D eigenvalue weighted by molar-refractivity contribution is -0.113. The van der Waals surface area contributed by atoms with E-state index in [0.29, 0.717) is 10.8 Å². The molecule has 1 aromatic heterocycles. The summed E-state index contributed by atoms with van der Waals surface area (Å²) >= 11 is 17.9. The molecular weight excluding hydrogens is 359 g/mol.